The molecule has 0 bridgehead atoms. The lowest BCUT2D eigenvalue weighted by Gasteiger charge is -2.04. The van der Waals surface area contributed by atoms with E-state index in [9.17, 15) is 13.2 Å². The van der Waals surface area contributed by atoms with E-state index in [1.165, 1.54) is 12.1 Å². The second-order valence-corrected chi connectivity index (χ2v) is 6.63. The highest BCUT2D eigenvalue weighted by atomic mass is 32.2. The Balaban J connectivity index is 2.28. The molecule has 1 aromatic rings. The van der Waals surface area contributed by atoms with Gasteiger partial charge in [-0.15, -0.1) is 0 Å². The fourth-order valence-corrected chi connectivity index (χ4v) is 2.64. The van der Waals surface area contributed by atoms with Gasteiger partial charge >= 0.3 is 5.97 Å². The summed E-state index contributed by atoms with van der Waals surface area (Å²) < 4.78 is 27.9. The van der Waals surface area contributed by atoms with Crippen LogP contribution in [-0.2, 0) is 19.4 Å². The van der Waals surface area contributed by atoms with Gasteiger partial charge in [0.05, 0.1) is 10.5 Å². The molecule has 102 valence electrons. The van der Waals surface area contributed by atoms with E-state index in [0.29, 0.717) is 11.1 Å². The van der Waals surface area contributed by atoms with E-state index in [1.807, 2.05) is 6.92 Å². The largest absolute Gasteiger partial charge is 0.454 e. The first-order chi connectivity index (χ1) is 8.91. The number of esters is 1. The lowest BCUT2D eigenvalue weighted by atomic mass is 10.1. The normalized spacial score (nSPS) is 19.2. The molecule has 1 aliphatic heterocycles. The minimum Gasteiger partial charge on any atom is -0.454 e. The number of carbonyl (C=O) groups is 1. The molecule has 0 N–H and O–H groups in total. The third-order valence-electron chi connectivity index (χ3n) is 3.00. The number of cyclic esters (lactones) is 1. The summed E-state index contributed by atoms with van der Waals surface area (Å²) in [7, 11) is -3.21. The van der Waals surface area contributed by atoms with Crippen molar-refractivity contribution in [1.82, 2.24) is 0 Å². The molecule has 19 heavy (non-hydrogen) atoms. The molecule has 0 aliphatic carbocycles. The lowest BCUT2D eigenvalue weighted by Crippen LogP contribution is -2.07. The Morgan fingerprint density at radius 2 is 1.84 bits per heavy atom. The van der Waals surface area contributed by atoms with Crippen molar-refractivity contribution in [2.75, 3.05) is 6.26 Å². The summed E-state index contributed by atoms with van der Waals surface area (Å²) in [5, 5.41) is 0. The first-order valence-corrected chi connectivity index (χ1v) is 8.04. The molecule has 0 saturated carbocycles. The van der Waals surface area contributed by atoms with Crippen LogP contribution in [0.5, 0.6) is 0 Å². The molecule has 0 radical (unpaired) electrons. The van der Waals surface area contributed by atoms with E-state index in [0.717, 1.165) is 19.1 Å². The summed E-state index contributed by atoms with van der Waals surface area (Å²) in [5.74, 6) is -0.342. The van der Waals surface area contributed by atoms with Gasteiger partial charge in [0.1, 0.15) is 6.10 Å². The van der Waals surface area contributed by atoms with Crippen LogP contribution in [0.1, 0.15) is 25.3 Å². The van der Waals surface area contributed by atoms with Crippen molar-refractivity contribution in [3.05, 3.63) is 35.9 Å². The molecule has 0 amide bonds. The summed E-state index contributed by atoms with van der Waals surface area (Å²) in [5.41, 5.74) is 1.20. The minimum absolute atomic E-state index is 0.165. The van der Waals surface area contributed by atoms with Crippen molar-refractivity contribution in [3.8, 4) is 0 Å². The SMILES string of the molecule is CCCC1C=C(c2ccc(S(C)(=O)=O)cc2)C(=O)O1. The molecule has 0 saturated heterocycles. The Morgan fingerprint density at radius 3 is 2.37 bits per heavy atom. The highest BCUT2D eigenvalue weighted by Gasteiger charge is 2.25. The van der Waals surface area contributed by atoms with Gasteiger partial charge in [0, 0.05) is 6.26 Å². The molecule has 0 fully saturated rings. The Bertz CT molecular complexity index is 611. The van der Waals surface area contributed by atoms with E-state index in [1.54, 1.807) is 18.2 Å². The molecule has 0 spiro atoms. The second-order valence-electron chi connectivity index (χ2n) is 4.61. The van der Waals surface area contributed by atoms with Gasteiger partial charge in [0.15, 0.2) is 9.84 Å². The third kappa shape index (κ3) is 3.04. The highest BCUT2D eigenvalue weighted by molar-refractivity contribution is 7.90. The Hall–Kier alpha value is -1.62. The quantitative estimate of drug-likeness (QED) is 0.793. The third-order valence-corrected chi connectivity index (χ3v) is 4.13. The molecule has 2 rings (SSSR count). The van der Waals surface area contributed by atoms with Gasteiger partial charge in [-0.25, -0.2) is 13.2 Å². The molecule has 1 atom stereocenters. The summed E-state index contributed by atoms with van der Waals surface area (Å²) in [6.45, 7) is 2.03. The van der Waals surface area contributed by atoms with Crippen LogP contribution >= 0.6 is 0 Å². The average molecular weight is 280 g/mol. The Labute approximate surface area is 113 Å². The predicted molar refractivity (Wildman–Crippen MR) is 72.3 cm³/mol. The molecular formula is C14H16O4S. The van der Waals surface area contributed by atoms with E-state index < -0.39 is 9.84 Å². The molecule has 1 aliphatic rings. The van der Waals surface area contributed by atoms with Gasteiger partial charge in [0.25, 0.3) is 0 Å². The molecule has 5 heteroatoms. The molecule has 1 unspecified atom stereocenters. The number of sulfone groups is 1. The second kappa shape index (κ2) is 5.17. The zero-order valence-electron chi connectivity index (χ0n) is 10.9. The maximum absolute atomic E-state index is 11.7. The van der Waals surface area contributed by atoms with Gasteiger partial charge in [-0.1, -0.05) is 25.5 Å². The van der Waals surface area contributed by atoms with Crippen molar-refractivity contribution in [2.24, 2.45) is 0 Å². The first kappa shape index (κ1) is 13.8. The fourth-order valence-electron chi connectivity index (χ4n) is 2.01. The summed E-state index contributed by atoms with van der Waals surface area (Å²) in [6, 6.07) is 6.29. The van der Waals surface area contributed by atoms with Crippen molar-refractivity contribution in [1.29, 1.82) is 0 Å². The highest BCUT2D eigenvalue weighted by Crippen LogP contribution is 2.26. The van der Waals surface area contributed by atoms with Gasteiger partial charge in [-0.2, -0.15) is 0 Å². The van der Waals surface area contributed by atoms with Crippen LogP contribution in [0, 0.1) is 0 Å². The molecule has 1 heterocycles. The van der Waals surface area contributed by atoms with Crippen LogP contribution in [0.15, 0.2) is 35.2 Å². The van der Waals surface area contributed by atoms with Gasteiger partial charge in [-0.3, -0.25) is 0 Å². The lowest BCUT2D eigenvalue weighted by molar-refractivity contribution is -0.137. The number of hydrogen-bond acceptors (Lipinski definition) is 4. The molecule has 0 aromatic heterocycles. The van der Waals surface area contributed by atoms with E-state index >= 15 is 0 Å². The Kier molecular flexibility index (Phi) is 3.75. The van der Waals surface area contributed by atoms with Crippen molar-refractivity contribution < 1.29 is 17.9 Å². The van der Waals surface area contributed by atoms with Gasteiger partial charge in [0.2, 0.25) is 0 Å². The van der Waals surface area contributed by atoms with Crippen molar-refractivity contribution in [2.45, 2.75) is 30.8 Å². The zero-order chi connectivity index (χ0) is 14.0. The monoisotopic (exact) mass is 280 g/mol. The van der Waals surface area contributed by atoms with E-state index in [2.05, 4.69) is 0 Å². The molecular weight excluding hydrogens is 264 g/mol. The smallest absolute Gasteiger partial charge is 0.339 e. The van der Waals surface area contributed by atoms with E-state index in [4.69, 9.17) is 4.74 Å². The first-order valence-electron chi connectivity index (χ1n) is 6.15. The standard InChI is InChI=1S/C14H16O4S/c1-3-4-11-9-13(14(15)18-11)10-5-7-12(8-6-10)19(2,16)17/h5-9,11H,3-4H2,1-2H3. The number of benzene rings is 1. The van der Waals surface area contributed by atoms with Crippen LogP contribution < -0.4 is 0 Å². The fraction of sp³-hybridized carbons (Fsp3) is 0.357. The number of carbonyl (C=O) groups excluding carboxylic acids is 1. The number of hydrogen-bond donors (Lipinski definition) is 0. The van der Waals surface area contributed by atoms with Gasteiger partial charge < -0.3 is 4.74 Å². The summed E-state index contributed by atoms with van der Waals surface area (Å²) >= 11 is 0. The van der Waals surface area contributed by atoms with Crippen molar-refractivity contribution in [3.63, 3.8) is 0 Å². The van der Waals surface area contributed by atoms with Crippen molar-refractivity contribution >= 4 is 21.4 Å². The molecule has 1 aromatic carbocycles. The predicted octanol–water partition coefficient (Wildman–Crippen LogP) is 2.20. The molecule has 4 nitrogen and oxygen atoms in total. The summed E-state index contributed by atoms with van der Waals surface area (Å²) in [6.07, 6.45) is 4.54. The van der Waals surface area contributed by atoms with E-state index in [-0.39, 0.29) is 17.0 Å². The maximum atomic E-state index is 11.7. The number of rotatable bonds is 4. The van der Waals surface area contributed by atoms with Crippen LogP contribution in [0.2, 0.25) is 0 Å². The van der Waals surface area contributed by atoms with Crippen LogP contribution in [-0.4, -0.2) is 26.7 Å². The van der Waals surface area contributed by atoms with Crippen LogP contribution in [0.4, 0.5) is 0 Å². The Morgan fingerprint density at radius 1 is 1.21 bits per heavy atom. The summed E-state index contributed by atoms with van der Waals surface area (Å²) in [4.78, 5) is 12.0. The van der Waals surface area contributed by atoms with Crippen LogP contribution in [0.3, 0.4) is 0 Å². The zero-order valence-corrected chi connectivity index (χ0v) is 11.7. The average Bonchev–Trinajstić information content (AvgIpc) is 2.70. The number of ether oxygens (including phenoxy) is 1. The maximum Gasteiger partial charge on any atom is 0.339 e. The van der Waals surface area contributed by atoms with Crippen LogP contribution in [0.25, 0.3) is 5.57 Å². The minimum atomic E-state index is -3.21. The van der Waals surface area contributed by atoms with Gasteiger partial charge in [-0.05, 0) is 30.2 Å². The topological polar surface area (TPSA) is 60.4 Å².